The van der Waals surface area contributed by atoms with Crippen molar-refractivity contribution < 1.29 is 4.79 Å². The van der Waals surface area contributed by atoms with E-state index in [2.05, 4.69) is 55.3 Å². The highest BCUT2D eigenvalue weighted by molar-refractivity contribution is 5.81. The molecular weight excluding hydrogens is 252 g/mol. The zero-order valence-corrected chi connectivity index (χ0v) is 14.0. The molecule has 1 aliphatic rings. The molecular formula is C15H32N4O. The van der Waals surface area contributed by atoms with Crippen molar-refractivity contribution in [2.75, 3.05) is 40.3 Å². The average Bonchev–Trinajstić information content (AvgIpc) is 2.39. The van der Waals surface area contributed by atoms with E-state index >= 15 is 0 Å². The molecule has 1 amide bonds. The van der Waals surface area contributed by atoms with Crippen molar-refractivity contribution >= 4 is 5.91 Å². The lowest BCUT2D eigenvalue weighted by atomic mass is 10.0. The number of hydrogen-bond acceptors (Lipinski definition) is 4. The molecule has 5 heteroatoms. The normalized spacial score (nSPS) is 23.6. The molecule has 0 aromatic heterocycles. The molecule has 1 saturated heterocycles. The second kappa shape index (κ2) is 7.38. The molecule has 2 unspecified atom stereocenters. The van der Waals surface area contributed by atoms with Crippen LogP contribution in [0.1, 0.15) is 34.1 Å². The third kappa shape index (κ3) is 5.38. The van der Waals surface area contributed by atoms with E-state index in [1.807, 2.05) is 6.92 Å². The van der Waals surface area contributed by atoms with E-state index in [0.29, 0.717) is 6.04 Å². The van der Waals surface area contributed by atoms with Crippen LogP contribution in [0.15, 0.2) is 0 Å². The Balaban J connectivity index is 2.38. The van der Waals surface area contributed by atoms with Gasteiger partial charge in [0.15, 0.2) is 0 Å². The van der Waals surface area contributed by atoms with Crippen LogP contribution in [-0.2, 0) is 4.79 Å². The first-order chi connectivity index (χ1) is 9.25. The summed E-state index contributed by atoms with van der Waals surface area (Å²) in [6, 6.07) is 0.324. The fourth-order valence-corrected chi connectivity index (χ4v) is 2.26. The van der Waals surface area contributed by atoms with Gasteiger partial charge in [-0.3, -0.25) is 9.69 Å². The lowest BCUT2D eigenvalue weighted by molar-refractivity contribution is -0.124. The van der Waals surface area contributed by atoms with Crippen LogP contribution < -0.4 is 10.6 Å². The topological polar surface area (TPSA) is 47.6 Å². The molecule has 2 N–H and O–H groups in total. The molecule has 20 heavy (non-hydrogen) atoms. The Kier molecular flexibility index (Phi) is 6.43. The van der Waals surface area contributed by atoms with Gasteiger partial charge in [0, 0.05) is 37.8 Å². The van der Waals surface area contributed by atoms with Gasteiger partial charge in [-0.1, -0.05) is 6.92 Å². The van der Waals surface area contributed by atoms with E-state index in [4.69, 9.17) is 0 Å². The van der Waals surface area contributed by atoms with Gasteiger partial charge in [-0.15, -0.1) is 0 Å². The van der Waals surface area contributed by atoms with E-state index in [0.717, 1.165) is 32.6 Å². The van der Waals surface area contributed by atoms with E-state index < -0.39 is 0 Å². The Labute approximate surface area is 124 Å². The summed E-state index contributed by atoms with van der Waals surface area (Å²) in [5.74, 6) is 0.0867. The molecule has 1 fully saturated rings. The second-order valence-electron chi connectivity index (χ2n) is 6.75. The van der Waals surface area contributed by atoms with E-state index in [-0.39, 0.29) is 17.5 Å². The van der Waals surface area contributed by atoms with Crippen LogP contribution >= 0.6 is 0 Å². The highest BCUT2D eigenvalue weighted by Gasteiger charge is 2.25. The predicted octanol–water partition coefficient (Wildman–Crippen LogP) is 0.515. The second-order valence-corrected chi connectivity index (χ2v) is 6.75. The minimum Gasteiger partial charge on any atom is -0.350 e. The predicted molar refractivity (Wildman–Crippen MR) is 83.9 cm³/mol. The zero-order valence-electron chi connectivity index (χ0n) is 14.0. The summed E-state index contributed by atoms with van der Waals surface area (Å²) in [7, 11) is 4.31. The van der Waals surface area contributed by atoms with E-state index in [9.17, 15) is 4.79 Å². The van der Waals surface area contributed by atoms with Crippen LogP contribution in [0.5, 0.6) is 0 Å². The molecule has 0 aromatic carbocycles. The van der Waals surface area contributed by atoms with E-state index in [1.165, 1.54) is 0 Å². The maximum absolute atomic E-state index is 12.1. The fraction of sp³-hybridized carbons (Fsp3) is 0.933. The average molecular weight is 284 g/mol. The molecule has 0 spiro atoms. The Morgan fingerprint density at radius 2 is 2.00 bits per heavy atom. The first-order valence-corrected chi connectivity index (χ1v) is 7.69. The number of nitrogens with zero attached hydrogens (tertiary/aromatic N) is 2. The van der Waals surface area contributed by atoms with Crippen molar-refractivity contribution in [3.63, 3.8) is 0 Å². The number of hydrogen-bond donors (Lipinski definition) is 2. The first-order valence-electron chi connectivity index (χ1n) is 7.69. The SMILES string of the molecule is CCC(C)(C)NC(=O)C(C)NCC1CN(C)CCN1C. The van der Waals surface area contributed by atoms with Crippen molar-refractivity contribution in [3.8, 4) is 0 Å². The monoisotopic (exact) mass is 284 g/mol. The van der Waals surface area contributed by atoms with Gasteiger partial charge in [0.1, 0.15) is 0 Å². The van der Waals surface area contributed by atoms with Crippen LogP contribution in [0.4, 0.5) is 0 Å². The smallest absolute Gasteiger partial charge is 0.237 e. The quantitative estimate of drug-likeness (QED) is 0.746. The van der Waals surface area contributed by atoms with Gasteiger partial charge >= 0.3 is 0 Å². The molecule has 2 atom stereocenters. The summed E-state index contributed by atoms with van der Waals surface area (Å²) in [5, 5.41) is 6.46. The van der Waals surface area contributed by atoms with Crippen molar-refractivity contribution in [2.45, 2.75) is 51.7 Å². The number of carbonyl (C=O) groups excluding carboxylic acids is 1. The summed E-state index contributed by atoms with van der Waals surface area (Å²) in [4.78, 5) is 16.9. The van der Waals surface area contributed by atoms with Crippen molar-refractivity contribution in [1.29, 1.82) is 0 Å². The lowest BCUT2D eigenvalue weighted by Crippen LogP contribution is -2.57. The lowest BCUT2D eigenvalue weighted by Gasteiger charge is -2.38. The first kappa shape index (κ1) is 17.4. The van der Waals surface area contributed by atoms with Crippen LogP contribution in [0, 0.1) is 0 Å². The standard InChI is InChI=1S/C15H32N4O/c1-7-15(3,4)17-14(20)12(2)16-10-13-11-18(5)8-9-19(13)6/h12-13,16H,7-11H2,1-6H3,(H,17,20). The summed E-state index contributed by atoms with van der Waals surface area (Å²) < 4.78 is 0. The number of carbonyl (C=O) groups is 1. The summed E-state index contributed by atoms with van der Waals surface area (Å²) >= 11 is 0. The summed E-state index contributed by atoms with van der Waals surface area (Å²) in [5.41, 5.74) is -0.130. The molecule has 0 bridgehead atoms. The van der Waals surface area contributed by atoms with Crippen LogP contribution in [0.2, 0.25) is 0 Å². The Hall–Kier alpha value is -0.650. The van der Waals surface area contributed by atoms with Gasteiger partial charge in [0.25, 0.3) is 0 Å². The van der Waals surface area contributed by atoms with E-state index in [1.54, 1.807) is 0 Å². The van der Waals surface area contributed by atoms with Crippen molar-refractivity contribution in [1.82, 2.24) is 20.4 Å². The Morgan fingerprint density at radius 3 is 2.60 bits per heavy atom. The highest BCUT2D eigenvalue weighted by Crippen LogP contribution is 2.08. The molecule has 118 valence electrons. The number of amides is 1. The molecule has 0 aliphatic carbocycles. The molecule has 0 aromatic rings. The maximum Gasteiger partial charge on any atom is 0.237 e. The van der Waals surface area contributed by atoms with Gasteiger partial charge in [0.2, 0.25) is 5.91 Å². The van der Waals surface area contributed by atoms with Gasteiger partial charge in [-0.25, -0.2) is 0 Å². The molecule has 0 saturated carbocycles. The number of rotatable bonds is 6. The number of piperazine rings is 1. The third-order valence-electron chi connectivity index (χ3n) is 4.38. The van der Waals surface area contributed by atoms with Gasteiger partial charge in [-0.2, -0.15) is 0 Å². The number of nitrogens with one attached hydrogen (secondary N) is 2. The zero-order chi connectivity index (χ0) is 15.3. The molecule has 5 nitrogen and oxygen atoms in total. The minimum absolute atomic E-state index is 0.0867. The van der Waals surface area contributed by atoms with Crippen LogP contribution in [0.25, 0.3) is 0 Å². The van der Waals surface area contributed by atoms with Gasteiger partial charge < -0.3 is 15.5 Å². The summed E-state index contributed by atoms with van der Waals surface area (Å²) in [6.45, 7) is 12.3. The molecule has 1 aliphatic heterocycles. The van der Waals surface area contributed by atoms with Crippen molar-refractivity contribution in [3.05, 3.63) is 0 Å². The van der Waals surface area contributed by atoms with Crippen LogP contribution in [0.3, 0.4) is 0 Å². The van der Waals surface area contributed by atoms with Crippen molar-refractivity contribution in [2.24, 2.45) is 0 Å². The molecule has 0 radical (unpaired) electrons. The third-order valence-corrected chi connectivity index (χ3v) is 4.38. The number of likely N-dealkylation sites (N-methyl/N-ethyl adjacent to an activating group) is 2. The minimum atomic E-state index is -0.151. The maximum atomic E-state index is 12.1. The summed E-state index contributed by atoms with van der Waals surface area (Å²) in [6.07, 6.45) is 0.932. The molecule has 1 heterocycles. The van der Waals surface area contributed by atoms with Gasteiger partial charge in [0.05, 0.1) is 6.04 Å². The fourth-order valence-electron chi connectivity index (χ4n) is 2.26. The van der Waals surface area contributed by atoms with Gasteiger partial charge in [-0.05, 0) is 41.3 Å². The molecule has 1 rings (SSSR count). The Morgan fingerprint density at radius 1 is 1.35 bits per heavy atom. The Bertz CT molecular complexity index is 319. The largest absolute Gasteiger partial charge is 0.350 e. The van der Waals surface area contributed by atoms with Crippen LogP contribution in [-0.4, -0.2) is 73.6 Å². The highest BCUT2D eigenvalue weighted by atomic mass is 16.2.